The molecule has 0 saturated carbocycles. The molecule has 3 nitrogen and oxygen atoms in total. The Hall–Kier alpha value is -1.48. The molecule has 1 N–H and O–H groups in total. The van der Waals surface area contributed by atoms with Crippen molar-refractivity contribution < 1.29 is 0 Å². The summed E-state index contributed by atoms with van der Waals surface area (Å²) in [6.07, 6.45) is 4.70. The zero-order chi connectivity index (χ0) is 12.1. The molecule has 0 bridgehead atoms. The van der Waals surface area contributed by atoms with Crippen LogP contribution in [0.4, 0.5) is 5.69 Å². The van der Waals surface area contributed by atoms with E-state index < -0.39 is 0 Å². The van der Waals surface area contributed by atoms with Crippen molar-refractivity contribution in [2.45, 2.75) is 12.3 Å². The van der Waals surface area contributed by atoms with E-state index in [1.54, 1.807) is 0 Å². The van der Waals surface area contributed by atoms with Gasteiger partial charge in [0.05, 0.1) is 0 Å². The Morgan fingerprint density at radius 2 is 2.29 bits per heavy atom. The molecule has 1 heterocycles. The van der Waals surface area contributed by atoms with Gasteiger partial charge in [-0.25, -0.2) is 4.98 Å². The number of hydrogen-bond acceptors (Lipinski definition) is 2. The van der Waals surface area contributed by atoms with Crippen molar-refractivity contribution in [2.75, 3.05) is 11.9 Å². The fourth-order valence-electron chi connectivity index (χ4n) is 1.72. The summed E-state index contributed by atoms with van der Waals surface area (Å²) in [5.74, 6) is 1.64. The fraction of sp³-hybridized carbons (Fsp3) is 0.308. The Morgan fingerprint density at radius 3 is 3.00 bits per heavy atom. The Morgan fingerprint density at radius 1 is 1.41 bits per heavy atom. The van der Waals surface area contributed by atoms with Gasteiger partial charge in [0, 0.05) is 44.0 Å². The van der Waals surface area contributed by atoms with Crippen LogP contribution < -0.4 is 5.32 Å². The first kappa shape index (κ1) is 12.0. The largest absolute Gasteiger partial charge is 0.385 e. The Kier molecular flexibility index (Phi) is 4.04. The highest BCUT2D eigenvalue weighted by atomic mass is 35.5. The SMILES string of the molecule is Cn1ccnc1CCNc1cccc(CCl)c1. The molecule has 0 aliphatic heterocycles. The van der Waals surface area contributed by atoms with Crippen LogP contribution in [0.15, 0.2) is 36.7 Å². The van der Waals surface area contributed by atoms with E-state index in [-0.39, 0.29) is 0 Å². The van der Waals surface area contributed by atoms with Crippen molar-refractivity contribution >= 4 is 17.3 Å². The molecule has 90 valence electrons. The van der Waals surface area contributed by atoms with Crippen LogP contribution in [0, 0.1) is 0 Å². The molecule has 1 aromatic carbocycles. The van der Waals surface area contributed by atoms with Crippen molar-refractivity contribution in [3.05, 3.63) is 48.0 Å². The Balaban J connectivity index is 1.87. The zero-order valence-electron chi connectivity index (χ0n) is 9.86. The summed E-state index contributed by atoms with van der Waals surface area (Å²) in [5.41, 5.74) is 2.24. The average Bonchev–Trinajstić information content (AvgIpc) is 2.76. The second-order valence-corrected chi connectivity index (χ2v) is 4.23. The highest BCUT2D eigenvalue weighted by Gasteiger charge is 1.99. The molecule has 0 fully saturated rings. The molecule has 2 aromatic rings. The van der Waals surface area contributed by atoms with Gasteiger partial charge in [0.1, 0.15) is 5.82 Å². The number of benzene rings is 1. The molecule has 1 aromatic heterocycles. The Labute approximate surface area is 106 Å². The van der Waals surface area contributed by atoms with Crippen molar-refractivity contribution in [3.63, 3.8) is 0 Å². The van der Waals surface area contributed by atoms with Gasteiger partial charge >= 0.3 is 0 Å². The molecule has 0 saturated heterocycles. The lowest BCUT2D eigenvalue weighted by Crippen LogP contribution is -2.08. The zero-order valence-corrected chi connectivity index (χ0v) is 10.6. The number of alkyl halides is 1. The number of aryl methyl sites for hydroxylation is 1. The number of rotatable bonds is 5. The van der Waals surface area contributed by atoms with Crippen LogP contribution in [0.3, 0.4) is 0 Å². The van der Waals surface area contributed by atoms with E-state index in [0.717, 1.165) is 30.0 Å². The predicted octanol–water partition coefficient (Wildman–Crippen LogP) is 2.81. The fourth-order valence-corrected chi connectivity index (χ4v) is 1.89. The van der Waals surface area contributed by atoms with Gasteiger partial charge < -0.3 is 9.88 Å². The van der Waals surface area contributed by atoms with Crippen LogP contribution in [0.25, 0.3) is 0 Å². The molecule has 4 heteroatoms. The highest BCUT2D eigenvalue weighted by Crippen LogP contribution is 2.12. The summed E-state index contributed by atoms with van der Waals surface area (Å²) in [6, 6.07) is 8.16. The molecule has 0 atom stereocenters. The average molecular weight is 250 g/mol. The third-order valence-electron chi connectivity index (χ3n) is 2.68. The van der Waals surface area contributed by atoms with E-state index in [2.05, 4.69) is 22.4 Å². The van der Waals surface area contributed by atoms with E-state index in [1.807, 2.05) is 36.1 Å². The first-order valence-electron chi connectivity index (χ1n) is 5.64. The maximum absolute atomic E-state index is 5.79. The molecule has 0 amide bonds. The molecule has 0 aliphatic carbocycles. The standard InChI is InChI=1S/C13H16ClN3/c1-17-8-7-16-13(17)5-6-15-12-4-2-3-11(9-12)10-14/h2-4,7-9,15H,5-6,10H2,1H3. The van der Waals surface area contributed by atoms with Crippen molar-refractivity contribution in [3.8, 4) is 0 Å². The second-order valence-electron chi connectivity index (χ2n) is 3.97. The van der Waals surface area contributed by atoms with Crippen molar-refractivity contribution in [2.24, 2.45) is 7.05 Å². The number of nitrogens with one attached hydrogen (secondary N) is 1. The van der Waals surface area contributed by atoms with Gasteiger partial charge in [0.15, 0.2) is 0 Å². The summed E-state index contributed by atoms with van der Waals surface area (Å²) in [4.78, 5) is 4.28. The third kappa shape index (κ3) is 3.24. The normalized spacial score (nSPS) is 10.5. The van der Waals surface area contributed by atoms with Crippen molar-refractivity contribution in [1.82, 2.24) is 9.55 Å². The number of imidazole rings is 1. The molecule has 0 spiro atoms. The van der Waals surface area contributed by atoms with Gasteiger partial charge in [-0.1, -0.05) is 12.1 Å². The number of halogens is 1. The number of anilines is 1. The van der Waals surface area contributed by atoms with Gasteiger partial charge in [-0.05, 0) is 17.7 Å². The van der Waals surface area contributed by atoms with E-state index in [4.69, 9.17) is 11.6 Å². The van der Waals surface area contributed by atoms with Gasteiger partial charge in [-0.2, -0.15) is 0 Å². The maximum atomic E-state index is 5.79. The van der Waals surface area contributed by atoms with Crippen LogP contribution in [0.2, 0.25) is 0 Å². The molecular weight excluding hydrogens is 234 g/mol. The van der Waals surface area contributed by atoms with Crippen LogP contribution in [0.5, 0.6) is 0 Å². The Bertz CT molecular complexity index is 479. The lowest BCUT2D eigenvalue weighted by Gasteiger charge is -2.07. The van der Waals surface area contributed by atoms with E-state index >= 15 is 0 Å². The quantitative estimate of drug-likeness (QED) is 0.826. The molecule has 2 rings (SSSR count). The number of aromatic nitrogens is 2. The van der Waals surface area contributed by atoms with E-state index in [1.165, 1.54) is 0 Å². The van der Waals surface area contributed by atoms with Crippen LogP contribution in [-0.2, 0) is 19.3 Å². The molecule has 0 unspecified atom stereocenters. The minimum atomic E-state index is 0.550. The number of nitrogens with zero attached hydrogens (tertiary/aromatic N) is 2. The highest BCUT2D eigenvalue weighted by molar-refractivity contribution is 6.17. The van der Waals surface area contributed by atoms with Crippen molar-refractivity contribution in [1.29, 1.82) is 0 Å². The summed E-state index contributed by atoms with van der Waals surface area (Å²) < 4.78 is 2.04. The minimum Gasteiger partial charge on any atom is -0.385 e. The van der Waals surface area contributed by atoms with E-state index in [9.17, 15) is 0 Å². The minimum absolute atomic E-state index is 0.550. The van der Waals surface area contributed by atoms with E-state index in [0.29, 0.717) is 5.88 Å². The van der Waals surface area contributed by atoms with Gasteiger partial charge in [0.2, 0.25) is 0 Å². The lowest BCUT2D eigenvalue weighted by atomic mass is 10.2. The summed E-state index contributed by atoms with van der Waals surface area (Å²) >= 11 is 5.79. The van der Waals surface area contributed by atoms with Gasteiger partial charge in [-0.3, -0.25) is 0 Å². The van der Waals surface area contributed by atoms with Gasteiger partial charge in [-0.15, -0.1) is 11.6 Å². The van der Waals surface area contributed by atoms with Gasteiger partial charge in [0.25, 0.3) is 0 Å². The molecule has 0 aliphatic rings. The first-order valence-corrected chi connectivity index (χ1v) is 6.18. The smallest absolute Gasteiger partial charge is 0.110 e. The topological polar surface area (TPSA) is 29.9 Å². The van der Waals surface area contributed by atoms with Crippen LogP contribution in [0.1, 0.15) is 11.4 Å². The summed E-state index contributed by atoms with van der Waals surface area (Å²) in [6.45, 7) is 0.872. The van der Waals surface area contributed by atoms with Crippen LogP contribution in [-0.4, -0.2) is 16.1 Å². The predicted molar refractivity (Wildman–Crippen MR) is 71.4 cm³/mol. The molecule has 17 heavy (non-hydrogen) atoms. The number of hydrogen-bond donors (Lipinski definition) is 1. The third-order valence-corrected chi connectivity index (χ3v) is 2.99. The second kappa shape index (κ2) is 5.73. The molecular formula is C13H16ClN3. The lowest BCUT2D eigenvalue weighted by molar-refractivity contribution is 0.789. The summed E-state index contributed by atoms with van der Waals surface area (Å²) in [7, 11) is 2.01. The molecule has 0 radical (unpaired) electrons. The maximum Gasteiger partial charge on any atom is 0.110 e. The first-order chi connectivity index (χ1) is 8.29. The summed E-state index contributed by atoms with van der Waals surface area (Å²) in [5, 5.41) is 3.37. The van der Waals surface area contributed by atoms with Crippen LogP contribution >= 0.6 is 11.6 Å². The monoisotopic (exact) mass is 249 g/mol.